The Morgan fingerprint density at radius 1 is 1.48 bits per heavy atom. The van der Waals surface area contributed by atoms with Crippen LogP contribution in [0.2, 0.25) is 0 Å². The molecule has 21 heavy (non-hydrogen) atoms. The van der Waals surface area contributed by atoms with E-state index in [2.05, 4.69) is 15.3 Å². The van der Waals surface area contributed by atoms with Crippen molar-refractivity contribution in [2.75, 3.05) is 43.9 Å². The van der Waals surface area contributed by atoms with Crippen molar-refractivity contribution in [1.82, 2.24) is 14.9 Å². The first kappa shape index (κ1) is 14.9. The van der Waals surface area contributed by atoms with Gasteiger partial charge in [0.05, 0.1) is 18.1 Å². The van der Waals surface area contributed by atoms with E-state index < -0.39 is 4.92 Å². The standard InChI is InChI=1S/C11H16N6O4/c12-10-9(17(19)20)11(15-7-14-10)13-2-1-8(18)16-3-5-21-6-4-16/h7H,1-6H2,(H3,12,13,14,15). The molecule has 2 heterocycles. The van der Waals surface area contributed by atoms with E-state index >= 15 is 0 Å². The van der Waals surface area contributed by atoms with Crippen molar-refractivity contribution in [2.24, 2.45) is 0 Å². The van der Waals surface area contributed by atoms with Crippen LogP contribution in [-0.4, -0.2) is 58.5 Å². The molecule has 0 unspecified atom stereocenters. The Hall–Kier alpha value is -2.49. The highest BCUT2D eigenvalue weighted by Gasteiger charge is 2.21. The Balaban J connectivity index is 1.90. The van der Waals surface area contributed by atoms with Gasteiger partial charge in [-0.1, -0.05) is 0 Å². The van der Waals surface area contributed by atoms with Gasteiger partial charge in [-0.25, -0.2) is 9.97 Å². The molecule has 1 fully saturated rings. The van der Waals surface area contributed by atoms with E-state index in [9.17, 15) is 14.9 Å². The minimum atomic E-state index is -0.651. The van der Waals surface area contributed by atoms with Crippen LogP contribution < -0.4 is 11.1 Å². The number of nitro groups is 1. The minimum Gasteiger partial charge on any atom is -0.378 e. The Morgan fingerprint density at radius 3 is 2.86 bits per heavy atom. The van der Waals surface area contributed by atoms with Gasteiger partial charge in [-0.15, -0.1) is 0 Å². The molecular formula is C11H16N6O4. The van der Waals surface area contributed by atoms with Crippen LogP contribution in [0.1, 0.15) is 6.42 Å². The molecule has 2 rings (SSSR count). The molecule has 0 atom stereocenters. The third kappa shape index (κ3) is 3.75. The van der Waals surface area contributed by atoms with Gasteiger partial charge in [-0.2, -0.15) is 0 Å². The average Bonchev–Trinajstić information content (AvgIpc) is 2.47. The lowest BCUT2D eigenvalue weighted by Crippen LogP contribution is -2.41. The van der Waals surface area contributed by atoms with E-state index in [1.165, 1.54) is 0 Å². The fourth-order valence-electron chi connectivity index (χ4n) is 1.96. The molecule has 1 aliphatic rings. The third-order valence-corrected chi connectivity index (χ3v) is 3.03. The number of nitrogen functional groups attached to an aromatic ring is 1. The summed E-state index contributed by atoms with van der Waals surface area (Å²) in [5.41, 5.74) is 5.07. The van der Waals surface area contributed by atoms with Gasteiger partial charge in [0.1, 0.15) is 6.33 Å². The molecule has 1 saturated heterocycles. The fraction of sp³-hybridized carbons (Fsp3) is 0.545. The van der Waals surface area contributed by atoms with Crippen molar-refractivity contribution in [3.63, 3.8) is 0 Å². The maximum absolute atomic E-state index is 11.9. The quantitative estimate of drug-likeness (QED) is 0.554. The maximum atomic E-state index is 11.9. The van der Waals surface area contributed by atoms with Crippen LogP contribution >= 0.6 is 0 Å². The zero-order chi connectivity index (χ0) is 15.2. The molecule has 0 bridgehead atoms. The van der Waals surface area contributed by atoms with Crippen LogP contribution in [0.3, 0.4) is 0 Å². The Morgan fingerprint density at radius 2 is 2.19 bits per heavy atom. The third-order valence-electron chi connectivity index (χ3n) is 3.03. The molecule has 1 amide bonds. The Bertz CT molecular complexity index is 531. The molecule has 0 spiro atoms. The summed E-state index contributed by atoms with van der Waals surface area (Å²) < 4.78 is 5.16. The summed E-state index contributed by atoms with van der Waals surface area (Å²) >= 11 is 0. The summed E-state index contributed by atoms with van der Waals surface area (Å²) in [5, 5.41) is 13.7. The topological polar surface area (TPSA) is 137 Å². The Kier molecular flexibility index (Phi) is 4.82. The number of morpholine rings is 1. The van der Waals surface area contributed by atoms with E-state index in [1.54, 1.807) is 4.90 Å². The van der Waals surface area contributed by atoms with Crippen molar-refractivity contribution in [3.8, 4) is 0 Å². The first-order valence-corrected chi connectivity index (χ1v) is 6.44. The molecule has 0 aliphatic carbocycles. The lowest BCUT2D eigenvalue weighted by atomic mass is 10.3. The van der Waals surface area contributed by atoms with Crippen molar-refractivity contribution in [1.29, 1.82) is 0 Å². The molecule has 10 heteroatoms. The van der Waals surface area contributed by atoms with Crippen LogP contribution in [-0.2, 0) is 9.53 Å². The number of rotatable bonds is 5. The number of nitrogens with two attached hydrogens (primary N) is 1. The van der Waals surface area contributed by atoms with Gasteiger partial charge >= 0.3 is 5.69 Å². The lowest BCUT2D eigenvalue weighted by Gasteiger charge is -2.26. The van der Waals surface area contributed by atoms with E-state index in [-0.39, 0.29) is 36.2 Å². The van der Waals surface area contributed by atoms with Gasteiger partial charge < -0.3 is 20.7 Å². The molecule has 1 aromatic heterocycles. The smallest absolute Gasteiger partial charge is 0.352 e. The summed E-state index contributed by atoms with van der Waals surface area (Å²) in [4.78, 5) is 31.2. The van der Waals surface area contributed by atoms with Crippen LogP contribution in [0, 0.1) is 10.1 Å². The number of nitrogens with zero attached hydrogens (tertiary/aromatic N) is 4. The van der Waals surface area contributed by atoms with E-state index in [4.69, 9.17) is 10.5 Å². The predicted molar refractivity (Wildman–Crippen MR) is 73.6 cm³/mol. The number of anilines is 2. The first-order chi connectivity index (χ1) is 10.1. The normalized spacial score (nSPS) is 14.8. The number of aromatic nitrogens is 2. The largest absolute Gasteiger partial charge is 0.378 e. The van der Waals surface area contributed by atoms with Crippen molar-refractivity contribution in [2.45, 2.75) is 6.42 Å². The average molecular weight is 296 g/mol. The number of carbonyl (C=O) groups excluding carboxylic acids is 1. The van der Waals surface area contributed by atoms with Crippen LogP contribution in [0.25, 0.3) is 0 Å². The fourth-order valence-corrected chi connectivity index (χ4v) is 1.96. The second-order valence-corrected chi connectivity index (χ2v) is 4.38. The number of hydrogen-bond acceptors (Lipinski definition) is 8. The van der Waals surface area contributed by atoms with E-state index in [0.717, 1.165) is 6.33 Å². The van der Waals surface area contributed by atoms with Gasteiger partial charge in [0.15, 0.2) is 0 Å². The molecule has 0 aromatic carbocycles. The highest BCUT2D eigenvalue weighted by molar-refractivity contribution is 5.77. The zero-order valence-electron chi connectivity index (χ0n) is 11.3. The summed E-state index contributed by atoms with van der Waals surface area (Å²) in [6.07, 6.45) is 1.34. The number of amides is 1. The molecular weight excluding hydrogens is 280 g/mol. The number of ether oxygens (including phenoxy) is 1. The lowest BCUT2D eigenvalue weighted by molar-refractivity contribution is -0.383. The maximum Gasteiger partial charge on any atom is 0.352 e. The number of carbonyl (C=O) groups is 1. The molecule has 1 aromatic rings. The van der Waals surface area contributed by atoms with Crippen LogP contribution in [0.15, 0.2) is 6.33 Å². The molecule has 0 saturated carbocycles. The van der Waals surface area contributed by atoms with Crippen LogP contribution in [0.4, 0.5) is 17.3 Å². The van der Waals surface area contributed by atoms with Crippen molar-refractivity contribution in [3.05, 3.63) is 16.4 Å². The summed E-state index contributed by atoms with van der Waals surface area (Å²) in [6, 6.07) is 0. The molecule has 1 aliphatic heterocycles. The second-order valence-electron chi connectivity index (χ2n) is 4.38. The van der Waals surface area contributed by atoms with Gasteiger partial charge in [-0.05, 0) is 0 Å². The predicted octanol–water partition coefficient (Wildman–Crippen LogP) is -0.372. The van der Waals surface area contributed by atoms with Crippen molar-refractivity contribution < 1.29 is 14.5 Å². The highest BCUT2D eigenvalue weighted by atomic mass is 16.6. The van der Waals surface area contributed by atoms with Crippen LogP contribution in [0.5, 0.6) is 0 Å². The highest BCUT2D eigenvalue weighted by Crippen LogP contribution is 2.25. The summed E-state index contributed by atoms with van der Waals surface area (Å²) in [7, 11) is 0. The summed E-state index contributed by atoms with van der Waals surface area (Å²) in [6.45, 7) is 2.44. The van der Waals surface area contributed by atoms with Gasteiger partial charge in [0.25, 0.3) is 0 Å². The molecule has 3 N–H and O–H groups in total. The molecule has 10 nitrogen and oxygen atoms in total. The number of nitrogens with one attached hydrogen (secondary N) is 1. The first-order valence-electron chi connectivity index (χ1n) is 6.44. The molecule has 0 radical (unpaired) electrons. The zero-order valence-corrected chi connectivity index (χ0v) is 11.3. The van der Waals surface area contributed by atoms with Gasteiger partial charge in [0, 0.05) is 26.1 Å². The molecule has 114 valence electrons. The van der Waals surface area contributed by atoms with E-state index in [1.807, 2.05) is 0 Å². The second kappa shape index (κ2) is 6.79. The monoisotopic (exact) mass is 296 g/mol. The minimum absolute atomic E-state index is 0.0160. The number of hydrogen-bond donors (Lipinski definition) is 2. The van der Waals surface area contributed by atoms with E-state index in [0.29, 0.717) is 26.3 Å². The SMILES string of the molecule is Nc1ncnc(NCCC(=O)N2CCOCC2)c1[N+](=O)[O-]. The summed E-state index contributed by atoms with van der Waals surface area (Å²) in [5.74, 6) is -0.227. The van der Waals surface area contributed by atoms with Crippen molar-refractivity contribution >= 4 is 23.2 Å². The van der Waals surface area contributed by atoms with Gasteiger partial charge in [-0.3, -0.25) is 14.9 Å². The van der Waals surface area contributed by atoms with Gasteiger partial charge in [0.2, 0.25) is 17.5 Å². The Labute approximate surface area is 120 Å².